The van der Waals surface area contributed by atoms with Gasteiger partial charge in [0.15, 0.2) is 0 Å². The van der Waals surface area contributed by atoms with E-state index < -0.39 is 0 Å². The Balaban J connectivity index is 1.87. The van der Waals surface area contributed by atoms with Crippen LogP contribution in [0.3, 0.4) is 0 Å². The molecule has 4 amide bonds. The lowest BCUT2D eigenvalue weighted by Gasteiger charge is -2.34. The Hall–Kier alpha value is -2.81. The summed E-state index contributed by atoms with van der Waals surface area (Å²) in [6.45, 7) is 8.20. The molecule has 2 aliphatic rings. The van der Waals surface area contributed by atoms with Gasteiger partial charge in [0.05, 0.1) is 25.6 Å². The van der Waals surface area contributed by atoms with Crippen LogP contribution in [0.4, 0.5) is 10.5 Å². The fourth-order valence-electron chi connectivity index (χ4n) is 5.04. The summed E-state index contributed by atoms with van der Waals surface area (Å²) in [7, 11) is 1.73. The molecule has 3 atom stereocenters. The highest BCUT2D eigenvalue weighted by molar-refractivity contribution is 5.93. The van der Waals surface area contributed by atoms with E-state index in [9.17, 15) is 19.5 Å². The first-order valence-electron chi connectivity index (χ1n) is 13.6. The van der Waals surface area contributed by atoms with Gasteiger partial charge in [0.25, 0.3) is 0 Å². The van der Waals surface area contributed by atoms with E-state index in [1.807, 2.05) is 39.8 Å². The van der Waals surface area contributed by atoms with E-state index in [1.165, 1.54) is 6.42 Å². The lowest BCUT2D eigenvalue weighted by Crippen LogP contribution is -2.49. The van der Waals surface area contributed by atoms with Crippen molar-refractivity contribution >= 4 is 23.5 Å². The van der Waals surface area contributed by atoms with Crippen molar-refractivity contribution < 1.29 is 24.2 Å². The summed E-state index contributed by atoms with van der Waals surface area (Å²) in [6, 6.07) is 4.90. The molecule has 1 fully saturated rings. The van der Waals surface area contributed by atoms with Crippen molar-refractivity contribution in [2.24, 2.45) is 11.8 Å². The Morgan fingerprint density at radius 2 is 1.89 bits per heavy atom. The zero-order valence-electron chi connectivity index (χ0n) is 23.0. The number of urea groups is 1. The van der Waals surface area contributed by atoms with Crippen LogP contribution < -0.4 is 15.4 Å². The highest BCUT2D eigenvalue weighted by Gasteiger charge is 2.32. The van der Waals surface area contributed by atoms with Gasteiger partial charge in [0.1, 0.15) is 11.9 Å². The zero-order valence-corrected chi connectivity index (χ0v) is 23.0. The number of fused-ring (bicyclic) bond motifs is 1. The van der Waals surface area contributed by atoms with Crippen molar-refractivity contribution in [3.63, 3.8) is 0 Å². The van der Waals surface area contributed by atoms with E-state index in [4.69, 9.17) is 4.74 Å². The normalized spacial score (nSPS) is 21.7. The Kier molecular flexibility index (Phi) is 10.2. The second-order valence-corrected chi connectivity index (χ2v) is 11.0. The standard InChI is InChI=1S/C28H44N4O5/c1-18(2)29-28(36)31(5)16-25-19(3)15-32(20(4)17-33)26(34)14-22-13-23(11-12-24(22)37-25)30-27(35)21-9-7-6-8-10-21/h11-13,18-21,25,33H,6-10,14-17H2,1-5H3,(H,29,36)(H,30,35)/t19-,20+,25-/m1/s1. The number of carbonyl (C=O) groups excluding carboxylic acids is 3. The number of rotatable bonds is 7. The van der Waals surface area contributed by atoms with Crippen molar-refractivity contribution in [2.45, 2.75) is 84.4 Å². The molecule has 9 heteroatoms. The van der Waals surface area contributed by atoms with Crippen LogP contribution in [0.1, 0.15) is 65.4 Å². The number of hydrogen-bond acceptors (Lipinski definition) is 5. The smallest absolute Gasteiger partial charge is 0.317 e. The minimum absolute atomic E-state index is 0.00955. The van der Waals surface area contributed by atoms with Crippen LogP contribution in [0.15, 0.2) is 18.2 Å². The number of likely N-dealkylation sites (N-methyl/N-ethyl adjacent to an activating group) is 1. The molecule has 37 heavy (non-hydrogen) atoms. The molecule has 0 radical (unpaired) electrons. The number of nitrogens with zero attached hydrogens (tertiary/aromatic N) is 2. The SMILES string of the molecule is CC(C)NC(=O)N(C)C[C@H]1Oc2ccc(NC(=O)C3CCCCC3)cc2CC(=O)N([C@@H](C)CO)C[C@H]1C. The fourth-order valence-corrected chi connectivity index (χ4v) is 5.04. The van der Waals surface area contributed by atoms with E-state index in [0.717, 1.165) is 25.7 Å². The summed E-state index contributed by atoms with van der Waals surface area (Å²) in [6.07, 6.45) is 4.85. The van der Waals surface area contributed by atoms with E-state index in [2.05, 4.69) is 10.6 Å². The Morgan fingerprint density at radius 3 is 2.54 bits per heavy atom. The first kappa shape index (κ1) is 28.8. The minimum Gasteiger partial charge on any atom is -0.488 e. The molecule has 9 nitrogen and oxygen atoms in total. The zero-order chi connectivity index (χ0) is 27.1. The molecule has 0 aromatic heterocycles. The predicted octanol–water partition coefficient (Wildman–Crippen LogP) is 3.40. The predicted molar refractivity (Wildman–Crippen MR) is 143 cm³/mol. The monoisotopic (exact) mass is 516 g/mol. The van der Waals surface area contributed by atoms with Crippen LogP contribution in [-0.4, -0.2) is 77.7 Å². The first-order chi connectivity index (χ1) is 17.6. The fraction of sp³-hybridized carbons (Fsp3) is 0.679. The topological polar surface area (TPSA) is 111 Å². The summed E-state index contributed by atoms with van der Waals surface area (Å²) < 4.78 is 6.47. The van der Waals surface area contributed by atoms with Crippen molar-refractivity contribution in [2.75, 3.05) is 32.1 Å². The first-order valence-corrected chi connectivity index (χ1v) is 13.6. The summed E-state index contributed by atoms with van der Waals surface area (Å²) in [4.78, 5) is 42.1. The van der Waals surface area contributed by atoms with E-state index in [0.29, 0.717) is 30.1 Å². The minimum atomic E-state index is -0.386. The molecular formula is C28H44N4O5. The molecule has 0 spiro atoms. The third kappa shape index (κ3) is 7.84. The van der Waals surface area contributed by atoms with Crippen molar-refractivity contribution in [1.82, 2.24) is 15.1 Å². The van der Waals surface area contributed by atoms with Crippen LogP contribution in [0.2, 0.25) is 0 Å². The Labute approximate surface area is 220 Å². The quantitative estimate of drug-likeness (QED) is 0.514. The number of anilines is 1. The molecule has 3 rings (SSSR count). The summed E-state index contributed by atoms with van der Waals surface area (Å²) in [5, 5.41) is 15.8. The van der Waals surface area contributed by atoms with Gasteiger partial charge in [0, 0.05) is 42.7 Å². The van der Waals surface area contributed by atoms with Crippen LogP contribution in [0, 0.1) is 11.8 Å². The van der Waals surface area contributed by atoms with Crippen LogP contribution in [0.25, 0.3) is 0 Å². The van der Waals surface area contributed by atoms with Gasteiger partial charge in [-0.15, -0.1) is 0 Å². The Morgan fingerprint density at radius 1 is 1.19 bits per heavy atom. The van der Waals surface area contributed by atoms with Crippen molar-refractivity contribution in [1.29, 1.82) is 0 Å². The maximum atomic E-state index is 13.4. The molecule has 0 bridgehead atoms. The average molecular weight is 517 g/mol. The molecule has 1 aromatic carbocycles. The molecule has 0 unspecified atom stereocenters. The number of ether oxygens (including phenoxy) is 1. The summed E-state index contributed by atoms with van der Waals surface area (Å²) in [5.41, 5.74) is 1.32. The number of hydrogen-bond donors (Lipinski definition) is 3. The highest BCUT2D eigenvalue weighted by atomic mass is 16.5. The molecule has 1 aliphatic carbocycles. The van der Waals surface area contributed by atoms with Gasteiger partial charge < -0.3 is 30.3 Å². The maximum Gasteiger partial charge on any atom is 0.317 e. The van der Waals surface area contributed by atoms with Gasteiger partial charge in [0.2, 0.25) is 11.8 Å². The lowest BCUT2D eigenvalue weighted by atomic mass is 9.88. The van der Waals surface area contributed by atoms with Gasteiger partial charge in [-0.1, -0.05) is 26.2 Å². The molecule has 1 aliphatic heterocycles. The summed E-state index contributed by atoms with van der Waals surface area (Å²) >= 11 is 0. The van der Waals surface area contributed by atoms with E-state index >= 15 is 0 Å². The molecule has 1 saturated carbocycles. The molecule has 0 saturated heterocycles. The largest absolute Gasteiger partial charge is 0.488 e. The summed E-state index contributed by atoms with van der Waals surface area (Å²) in [5.74, 6) is 0.395. The Bertz CT molecular complexity index is 947. The van der Waals surface area contributed by atoms with Crippen LogP contribution >= 0.6 is 0 Å². The third-order valence-corrected chi connectivity index (χ3v) is 7.37. The van der Waals surface area contributed by atoms with Crippen molar-refractivity contribution in [3.8, 4) is 5.75 Å². The third-order valence-electron chi connectivity index (χ3n) is 7.37. The van der Waals surface area contributed by atoms with Gasteiger partial charge in [-0.3, -0.25) is 9.59 Å². The molecule has 3 N–H and O–H groups in total. The van der Waals surface area contributed by atoms with Gasteiger partial charge in [-0.25, -0.2) is 4.79 Å². The average Bonchev–Trinajstić information content (AvgIpc) is 2.91. The number of amides is 4. The second-order valence-electron chi connectivity index (χ2n) is 11.0. The van der Waals surface area contributed by atoms with Crippen LogP contribution in [0.5, 0.6) is 5.75 Å². The van der Waals surface area contributed by atoms with E-state index in [-0.39, 0.29) is 60.9 Å². The number of aliphatic hydroxyl groups excluding tert-OH is 1. The maximum absolute atomic E-state index is 13.4. The molecule has 1 aromatic rings. The van der Waals surface area contributed by atoms with Gasteiger partial charge in [-0.05, 0) is 51.8 Å². The molecular weight excluding hydrogens is 472 g/mol. The lowest BCUT2D eigenvalue weighted by molar-refractivity contribution is -0.134. The highest BCUT2D eigenvalue weighted by Crippen LogP contribution is 2.30. The number of benzene rings is 1. The second kappa shape index (κ2) is 13.1. The molecule has 1 heterocycles. The number of aliphatic hydroxyl groups is 1. The number of nitrogens with one attached hydrogen (secondary N) is 2. The van der Waals surface area contributed by atoms with Crippen LogP contribution in [-0.2, 0) is 16.0 Å². The van der Waals surface area contributed by atoms with E-state index in [1.54, 1.807) is 22.9 Å². The molecule has 206 valence electrons. The van der Waals surface area contributed by atoms with Gasteiger partial charge in [-0.2, -0.15) is 0 Å². The van der Waals surface area contributed by atoms with Crippen molar-refractivity contribution in [3.05, 3.63) is 23.8 Å². The van der Waals surface area contributed by atoms with Gasteiger partial charge >= 0.3 is 6.03 Å². The number of carbonyl (C=O) groups is 3.